The lowest BCUT2D eigenvalue weighted by Crippen LogP contribution is -2.21. The Morgan fingerprint density at radius 1 is 1.47 bits per heavy atom. The van der Waals surface area contributed by atoms with E-state index in [-0.39, 0.29) is 0 Å². The first kappa shape index (κ1) is 14.2. The van der Waals surface area contributed by atoms with Crippen LogP contribution in [-0.2, 0) is 13.6 Å². The van der Waals surface area contributed by atoms with Gasteiger partial charge < -0.3 is 10.3 Å². The first-order chi connectivity index (χ1) is 8.13. The number of rotatable bonds is 8. The smallest absolute Gasteiger partial charge is 0.122 e. The molecule has 4 nitrogen and oxygen atoms in total. The Morgan fingerprint density at radius 3 is 2.82 bits per heavy atom. The molecule has 0 aliphatic carbocycles. The monoisotopic (exact) mass is 238 g/mol. The van der Waals surface area contributed by atoms with Crippen LogP contribution in [0.3, 0.4) is 0 Å². The molecule has 0 saturated carbocycles. The molecule has 1 heterocycles. The highest BCUT2D eigenvalue weighted by Crippen LogP contribution is 2.10. The van der Waals surface area contributed by atoms with E-state index in [9.17, 15) is 0 Å². The number of hydrogen-bond acceptors (Lipinski definition) is 3. The number of nitrogens with zero attached hydrogens (tertiary/aromatic N) is 3. The number of nitrogens with two attached hydrogens (primary N) is 1. The van der Waals surface area contributed by atoms with E-state index < -0.39 is 0 Å². The summed E-state index contributed by atoms with van der Waals surface area (Å²) in [4.78, 5) is 6.66. The summed E-state index contributed by atoms with van der Waals surface area (Å²) >= 11 is 0. The van der Waals surface area contributed by atoms with Gasteiger partial charge in [0, 0.05) is 19.4 Å². The molecule has 1 rings (SSSR count). The second-order valence-corrected chi connectivity index (χ2v) is 5.02. The fraction of sp³-hybridized carbons (Fsp3) is 0.769. The average Bonchev–Trinajstić information content (AvgIpc) is 2.65. The number of hydrogen-bond donors (Lipinski definition) is 1. The van der Waals surface area contributed by atoms with Gasteiger partial charge in [-0.2, -0.15) is 0 Å². The third-order valence-electron chi connectivity index (χ3n) is 3.23. The van der Waals surface area contributed by atoms with Crippen LogP contribution in [0.1, 0.15) is 32.0 Å². The van der Waals surface area contributed by atoms with Crippen molar-refractivity contribution in [1.29, 1.82) is 0 Å². The molecule has 0 saturated heterocycles. The number of imidazole rings is 1. The zero-order valence-corrected chi connectivity index (χ0v) is 11.4. The lowest BCUT2D eigenvalue weighted by molar-refractivity contribution is 0.296. The van der Waals surface area contributed by atoms with Gasteiger partial charge in [0.15, 0.2) is 0 Å². The molecule has 0 amide bonds. The van der Waals surface area contributed by atoms with E-state index >= 15 is 0 Å². The van der Waals surface area contributed by atoms with Crippen molar-refractivity contribution in [2.24, 2.45) is 18.7 Å². The molecule has 17 heavy (non-hydrogen) atoms. The predicted octanol–water partition coefficient (Wildman–Crippen LogP) is 1.62. The largest absolute Gasteiger partial charge is 0.337 e. The van der Waals surface area contributed by atoms with E-state index in [0.717, 1.165) is 37.8 Å². The zero-order chi connectivity index (χ0) is 12.7. The highest BCUT2D eigenvalue weighted by Gasteiger charge is 2.05. The highest BCUT2D eigenvalue weighted by atomic mass is 15.1. The molecule has 0 aromatic carbocycles. The van der Waals surface area contributed by atoms with Crippen molar-refractivity contribution >= 4 is 0 Å². The van der Waals surface area contributed by atoms with Crippen molar-refractivity contribution in [1.82, 2.24) is 14.5 Å². The maximum absolute atomic E-state index is 5.55. The van der Waals surface area contributed by atoms with Gasteiger partial charge in [-0.05, 0) is 45.3 Å². The first-order valence-electron chi connectivity index (χ1n) is 6.48. The van der Waals surface area contributed by atoms with E-state index in [4.69, 9.17) is 5.73 Å². The summed E-state index contributed by atoms with van der Waals surface area (Å²) < 4.78 is 2.08. The molecule has 0 spiro atoms. The molecular weight excluding hydrogens is 212 g/mol. The van der Waals surface area contributed by atoms with Crippen molar-refractivity contribution in [2.75, 3.05) is 20.1 Å². The minimum atomic E-state index is 0.751. The molecule has 0 fully saturated rings. The maximum Gasteiger partial charge on any atom is 0.122 e. The van der Waals surface area contributed by atoms with E-state index in [0.29, 0.717) is 0 Å². The van der Waals surface area contributed by atoms with Gasteiger partial charge in [0.2, 0.25) is 0 Å². The third-order valence-corrected chi connectivity index (χ3v) is 3.23. The van der Waals surface area contributed by atoms with Gasteiger partial charge in [-0.3, -0.25) is 4.90 Å². The van der Waals surface area contributed by atoms with Crippen LogP contribution in [0.5, 0.6) is 0 Å². The second kappa shape index (κ2) is 7.45. The van der Waals surface area contributed by atoms with Gasteiger partial charge >= 0.3 is 0 Å². The maximum atomic E-state index is 5.55. The Labute approximate surface area is 105 Å². The highest BCUT2D eigenvalue weighted by molar-refractivity contribution is 4.90. The summed E-state index contributed by atoms with van der Waals surface area (Å²) in [7, 11) is 4.20. The molecule has 1 aromatic heterocycles. The van der Waals surface area contributed by atoms with Gasteiger partial charge in [0.05, 0.1) is 6.54 Å². The van der Waals surface area contributed by atoms with E-state index in [1.807, 2.05) is 19.4 Å². The summed E-state index contributed by atoms with van der Waals surface area (Å²) in [5.41, 5.74) is 5.55. The standard InChI is InChI=1S/C13H26N4/c1-12(6-7-14)5-4-9-16(2)11-13-15-8-10-17(13)3/h8,10,12H,4-7,9,11,14H2,1-3H3. The summed E-state index contributed by atoms with van der Waals surface area (Å²) in [5.74, 6) is 1.88. The summed E-state index contributed by atoms with van der Waals surface area (Å²) in [6.45, 7) is 5.15. The predicted molar refractivity (Wildman–Crippen MR) is 71.6 cm³/mol. The van der Waals surface area contributed by atoms with Crippen molar-refractivity contribution in [3.8, 4) is 0 Å². The molecule has 4 heteroatoms. The van der Waals surface area contributed by atoms with Crippen LogP contribution < -0.4 is 5.73 Å². The average molecular weight is 238 g/mol. The van der Waals surface area contributed by atoms with Crippen molar-refractivity contribution in [2.45, 2.75) is 32.7 Å². The Balaban J connectivity index is 2.17. The summed E-state index contributed by atoms with van der Waals surface area (Å²) in [6, 6.07) is 0. The third kappa shape index (κ3) is 5.33. The van der Waals surface area contributed by atoms with Crippen LogP contribution in [-0.4, -0.2) is 34.6 Å². The van der Waals surface area contributed by atoms with Crippen LogP contribution in [0.4, 0.5) is 0 Å². The van der Waals surface area contributed by atoms with Crippen molar-refractivity contribution in [3.05, 3.63) is 18.2 Å². The van der Waals surface area contributed by atoms with Crippen molar-refractivity contribution in [3.63, 3.8) is 0 Å². The molecule has 2 N–H and O–H groups in total. The van der Waals surface area contributed by atoms with E-state index in [1.54, 1.807) is 0 Å². The topological polar surface area (TPSA) is 47.1 Å². The van der Waals surface area contributed by atoms with Gasteiger partial charge in [-0.1, -0.05) is 6.92 Å². The van der Waals surface area contributed by atoms with Gasteiger partial charge in [-0.15, -0.1) is 0 Å². The quantitative estimate of drug-likeness (QED) is 0.748. The van der Waals surface area contributed by atoms with Crippen LogP contribution in [0.2, 0.25) is 0 Å². The molecule has 98 valence electrons. The fourth-order valence-corrected chi connectivity index (χ4v) is 2.01. The summed E-state index contributed by atoms with van der Waals surface area (Å²) in [6.07, 6.45) is 7.49. The van der Waals surface area contributed by atoms with Crippen LogP contribution in [0, 0.1) is 5.92 Å². The SMILES string of the molecule is CC(CCN)CCCN(C)Cc1nccn1C. The van der Waals surface area contributed by atoms with E-state index in [1.165, 1.54) is 12.8 Å². The fourth-order valence-electron chi connectivity index (χ4n) is 2.01. The molecule has 0 radical (unpaired) electrons. The molecule has 1 atom stereocenters. The van der Waals surface area contributed by atoms with Crippen LogP contribution in [0.25, 0.3) is 0 Å². The molecule has 0 aliphatic heterocycles. The minimum Gasteiger partial charge on any atom is -0.337 e. The number of aryl methyl sites for hydroxylation is 1. The summed E-state index contributed by atoms with van der Waals surface area (Å²) in [5, 5.41) is 0. The Hall–Kier alpha value is -0.870. The van der Waals surface area contributed by atoms with Crippen molar-refractivity contribution < 1.29 is 0 Å². The Kier molecular flexibility index (Phi) is 6.22. The Morgan fingerprint density at radius 2 is 2.24 bits per heavy atom. The Bertz CT molecular complexity index is 308. The first-order valence-corrected chi connectivity index (χ1v) is 6.48. The minimum absolute atomic E-state index is 0.751. The second-order valence-electron chi connectivity index (χ2n) is 5.02. The lowest BCUT2D eigenvalue weighted by Gasteiger charge is -2.17. The van der Waals surface area contributed by atoms with Crippen LogP contribution in [0.15, 0.2) is 12.4 Å². The molecule has 1 aromatic rings. The number of aromatic nitrogens is 2. The molecule has 0 bridgehead atoms. The van der Waals surface area contributed by atoms with Gasteiger partial charge in [0.25, 0.3) is 0 Å². The molecule has 0 aliphatic rings. The van der Waals surface area contributed by atoms with E-state index in [2.05, 4.69) is 28.4 Å². The molecular formula is C13H26N4. The van der Waals surface area contributed by atoms with Gasteiger partial charge in [0.1, 0.15) is 5.82 Å². The zero-order valence-electron chi connectivity index (χ0n) is 11.4. The molecule has 1 unspecified atom stereocenters. The van der Waals surface area contributed by atoms with Crippen LogP contribution >= 0.6 is 0 Å². The normalized spacial score (nSPS) is 13.2. The lowest BCUT2D eigenvalue weighted by atomic mass is 10.0. The van der Waals surface area contributed by atoms with Gasteiger partial charge in [-0.25, -0.2) is 4.98 Å².